The van der Waals surface area contributed by atoms with E-state index in [9.17, 15) is 4.79 Å². The van der Waals surface area contributed by atoms with Gasteiger partial charge in [-0.3, -0.25) is 4.79 Å². The average molecular weight is 338 g/mol. The molecule has 0 heterocycles. The van der Waals surface area contributed by atoms with Gasteiger partial charge in [-0.05, 0) is 55.1 Å². The summed E-state index contributed by atoms with van der Waals surface area (Å²) in [6, 6.07) is 6.69. The molecule has 0 N–H and O–H groups in total. The zero-order chi connectivity index (χ0) is 15.0. The largest absolute Gasteiger partial charge is 0.492 e. The van der Waals surface area contributed by atoms with Gasteiger partial charge in [0.25, 0.3) is 5.24 Å². The van der Waals surface area contributed by atoms with Crippen molar-refractivity contribution in [2.45, 2.75) is 43.4 Å². The lowest BCUT2D eigenvalue weighted by Crippen LogP contribution is -2.12. The van der Waals surface area contributed by atoms with Gasteiger partial charge in [0.2, 0.25) is 0 Å². The predicted molar refractivity (Wildman–Crippen MR) is 85.5 cm³/mol. The molecule has 1 rings (SSSR count). The number of halogens is 3. The topological polar surface area (TPSA) is 26.3 Å². The van der Waals surface area contributed by atoms with Crippen LogP contribution in [-0.2, 0) is 0 Å². The molecule has 112 valence electrons. The van der Waals surface area contributed by atoms with Crippen LogP contribution in [0.15, 0.2) is 24.3 Å². The lowest BCUT2D eigenvalue weighted by molar-refractivity contribution is 0.108. The zero-order valence-electron chi connectivity index (χ0n) is 11.5. The normalized spacial score (nSPS) is 13.8. The van der Waals surface area contributed by atoms with Crippen molar-refractivity contribution in [1.29, 1.82) is 0 Å². The molecule has 2 atom stereocenters. The number of alkyl halides is 2. The fraction of sp³-hybridized carbons (Fsp3) is 0.533. The third-order valence-electron chi connectivity index (χ3n) is 2.99. The lowest BCUT2D eigenvalue weighted by Gasteiger charge is -2.12. The van der Waals surface area contributed by atoms with Gasteiger partial charge in [0.1, 0.15) is 12.4 Å². The van der Waals surface area contributed by atoms with Gasteiger partial charge in [-0.15, -0.1) is 23.2 Å². The van der Waals surface area contributed by atoms with Crippen molar-refractivity contribution in [2.24, 2.45) is 0 Å². The van der Waals surface area contributed by atoms with Crippen LogP contribution in [0.4, 0.5) is 0 Å². The lowest BCUT2D eigenvalue weighted by atomic mass is 10.1. The van der Waals surface area contributed by atoms with Crippen LogP contribution in [0.25, 0.3) is 0 Å². The van der Waals surface area contributed by atoms with E-state index in [1.54, 1.807) is 24.3 Å². The smallest absolute Gasteiger partial charge is 0.252 e. The summed E-state index contributed by atoms with van der Waals surface area (Å²) < 4.78 is 5.57. The van der Waals surface area contributed by atoms with Gasteiger partial charge in [0.15, 0.2) is 0 Å². The van der Waals surface area contributed by atoms with Crippen molar-refractivity contribution in [1.82, 2.24) is 0 Å². The summed E-state index contributed by atoms with van der Waals surface area (Å²) in [5.41, 5.74) is 0.453. The molecule has 0 saturated carbocycles. The van der Waals surface area contributed by atoms with Crippen molar-refractivity contribution in [2.75, 3.05) is 6.61 Å². The number of rotatable bonds is 9. The van der Waals surface area contributed by atoms with Crippen LogP contribution in [0.1, 0.15) is 43.0 Å². The molecule has 2 unspecified atom stereocenters. The quantitative estimate of drug-likeness (QED) is 0.455. The molecule has 0 radical (unpaired) electrons. The van der Waals surface area contributed by atoms with Gasteiger partial charge in [-0.1, -0.05) is 13.3 Å². The summed E-state index contributed by atoms with van der Waals surface area (Å²) in [7, 11) is 0. The Morgan fingerprint density at radius 2 is 1.75 bits per heavy atom. The Bertz CT molecular complexity index is 406. The SMILES string of the molecule is CCC(Cl)CCCC(Cl)COc1ccc(C(=O)Cl)cc1. The summed E-state index contributed by atoms with van der Waals surface area (Å²) in [5, 5.41) is -0.274. The zero-order valence-corrected chi connectivity index (χ0v) is 13.7. The Balaban J connectivity index is 2.26. The Kier molecular flexibility index (Phi) is 8.35. The molecule has 1 aromatic rings. The minimum absolute atomic E-state index is 0.0370. The molecule has 0 spiro atoms. The second-order valence-electron chi connectivity index (χ2n) is 4.64. The third-order valence-corrected chi connectivity index (χ3v) is 4.08. The number of hydrogen-bond acceptors (Lipinski definition) is 2. The van der Waals surface area contributed by atoms with Crippen molar-refractivity contribution in [3.63, 3.8) is 0 Å². The van der Waals surface area contributed by atoms with E-state index in [1.807, 2.05) is 0 Å². The van der Waals surface area contributed by atoms with Crippen molar-refractivity contribution >= 4 is 40.0 Å². The molecule has 0 saturated heterocycles. The van der Waals surface area contributed by atoms with Crippen LogP contribution in [0, 0.1) is 0 Å². The van der Waals surface area contributed by atoms with Crippen LogP contribution in [0.2, 0.25) is 0 Å². The Hall–Kier alpha value is -0.440. The maximum atomic E-state index is 10.9. The van der Waals surface area contributed by atoms with E-state index >= 15 is 0 Å². The summed E-state index contributed by atoms with van der Waals surface area (Å²) in [6.07, 6.45) is 3.84. The summed E-state index contributed by atoms with van der Waals surface area (Å²) in [4.78, 5) is 10.9. The van der Waals surface area contributed by atoms with Crippen molar-refractivity contribution in [3.8, 4) is 5.75 Å². The van der Waals surface area contributed by atoms with Gasteiger partial charge >= 0.3 is 0 Å². The summed E-state index contributed by atoms with van der Waals surface area (Å²) in [5.74, 6) is 0.682. The predicted octanol–water partition coefficient (Wildman–Crippen LogP) is 5.24. The highest BCUT2D eigenvalue weighted by molar-refractivity contribution is 6.67. The molecule has 0 bridgehead atoms. The van der Waals surface area contributed by atoms with Gasteiger partial charge in [-0.2, -0.15) is 0 Å². The highest BCUT2D eigenvalue weighted by Crippen LogP contribution is 2.17. The van der Waals surface area contributed by atoms with Crippen LogP contribution >= 0.6 is 34.8 Å². The van der Waals surface area contributed by atoms with Gasteiger partial charge in [0.05, 0.1) is 5.38 Å². The minimum Gasteiger partial charge on any atom is -0.492 e. The molecule has 0 amide bonds. The first-order valence-electron chi connectivity index (χ1n) is 6.73. The van der Waals surface area contributed by atoms with E-state index < -0.39 is 5.24 Å². The molecular weight excluding hydrogens is 319 g/mol. The first kappa shape index (κ1) is 17.6. The fourth-order valence-corrected chi connectivity index (χ4v) is 2.21. The molecule has 20 heavy (non-hydrogen) atoms. The van der Waals surface area contributed by atoms with Crippen molar-refractivity contribution < 1.29 is 9.53 Å². The van der Waals surface area contributed by atoms with Crippen LogP contribution < -0.4 is 4.74 Å². The van der Waals surface area contributed by atoms with E-state index in [-0.39, 0.29) is 10.8 Å². The highest BCUT2D eigenvalue weighted by atomic mass is 35.5. The number of carbonyl (C=O) groups is 1. The third kappa shape index (κ3) is 6.83. The molecular formula is C15H19Cl3O2. The molecule has 0 aliphatic carbocycles. The number of carbonyl (C=O) groups excluding carboxylic acids is 1. The average Bonchev–Trinajstić information content (AvgIpc) is 2.45. The number of ether oxygens (including phenoxy) is 1. The first-order valence-corrected chi connectivity index (χ1v) is 7.98. The van der Waals surface area contributed by atoms with E-state index in [4.69, 9.17) is 39.5 Å². The fourth-order valence-electron chi connectivity index (χ4n) is 1.72. The van der Waals surface area contributed by atoms with Crippen LogP contribution in [0.5, 0.6) is 5.75 Å². The minimum atomic E-state index is -0.474. The highest BCUT2D eigenvalue weighted by Gasteiger charge is 2.08. The molecule has 0 aromatic heterocycles. The Morgan fingerprint density at radius 1 is 1.15 bits per heavy atom. The molecule has 0 aliphatic rings. The van der Waals surface area contributed by atoms with E-state index in [0.717, 1.165) is 25.7 Å². The van der Waals surface area contributed by atoms with E-state index in [0.29, 0.717) is 17.9 Å². The number of hydrogen-bond donors (Lipinski definition) is 0. The molecule has 1 aromatic carbocycles. The van der Waals surface area contributed by atoms with Gasteiger partial charge in [-0.25, -0.2) is 0 Å². The molecule has 0 aliphatic heterocycles. The maximum Gasteiger partial charge on any atom is 0.252 e. The molecule has 2 nitrogen and oxygen atoms in total. The maximum absolute atomic E-state index is 10.9. The summed E-state index contributed by atoms with van der Waals surface area (Å²) >= 11 is 17.6. The van der Waals surface area contributed by atoms with Gasteiger partial charge < -0.3 is 4.74 Å². The molecule has 5 heteroatoms. The first-order chi connectivity index (χ1) is 9.52. The Labute approximate surface area is 135 Å². The van der Waals surface area contributed by atoms with Crippen LogP contribution in [0.3, 0.4) is 0 Å². The van der Waals surface area contributed by atoms with E-state index in [2.05, 4.69) is 6.92 Å². The van der Waals surface area contributed by atoms with Crippen LogP contribution in [-0.4, -0.2) is 22.6 Å². The van der Waals surface area contributed by atoms with Gasteiger partial charge in [0, 0.05) is 10.9 Å². The summed E-state index contributed by atoms with van der Waals surface area (Å²) in [6.45, 7) is 2.52. The second-order valence-corrected chi connectivity index (χ2v) is 6.22. The molecule has 0 fully saturated rings. The standard InChI is InChI=1S/C15H19Cl3O2/c1-2-12(16)4-3-5-13(17)10-20-14-8-6-11(7-9-14)15(18)19/h6-9,12-13H,2-5,10H2,1H3. The van der Waals surface area contributed by atoms with E-state index in [1.165, 1.54) is 0 Å². The Morgan fingerprint density at radius 3 is 2.30 bits per heavy atom. The van der Waals surface area contributed by atoms with Crippen molar-refractivity contribution in [3.05, 3.63) is 29.8 Å². The number of benzene rings is 1. The monoisotopic (exact) mass is 336 g/mol. The second kappa shape index (κ2) is 9.49.